The molecule has 0 aromatic heterocycles. The van der Waals surface area contributed by atoms with Gasteiger partial charge < -0.3 is 15.8 Å². The van der Waals surface area contributed by atoms with E-state index < -0.39 is 5.82 Å². The lowest BCUT2D eigenvalue weighted by Crippen LogP contribution is -2.22. The first-order valence-electron chi connectivity index (χ1n) is 6.17. The molecule has 110 valence electrons. The smallest absolute Gasteiger partial charge is 0.251 e. The van der Waals surface area contributed by atoms with Gasteiger partial charge >= 0.3 is 0 Å². The van der Waals surface area contributed by atoms with E-state index in [0.717, 1.165) is 0 Å². The predicted octanol–water partition coefficient (Wildman–Crippen LogP) is 3.00. The van der Waals surface area contributed by atoms with Gasteiger partial charge in [0.2, 0.25) is 0 Å². The van der Waals surface area contributed by atoms with Crippen LogP contribution in [0.5, 0.6) is 5.75 Å². The molecule has 2 aromatic rings. The van der Waals surface area contributed by atoms with E-state index in [-0.39, 0.29) is 17.5 Å². The minimum atomic E-state index is -0.491. The molecule has 0 aliphatic heterocycles. The second-order valence-corrected chi connectivity index (χ2v) is 4.80. The number of hydrogen-bond donors (Lipinski definition) is 2. The number of methoxy groups -OCH3 is 1. The summed E-state index contributed by atoms with van der Waals surface area (Å²) in [6.07, 6.45) is 0. The summed E-state index contributed by atoms with van der Waals surface area (Å²) in [4.78, 5) is 12.0. The van der Waals surface area contributed by atoms with Gasteiger partial charge in [0, 0.05) is 12.1 Å². The Morgan fingerprint density at radius 1 is 1.33 bits per heavy atom. The van der Waals surface area contributed by atoms with Crippen molar-refractivity contribution >= 4 is 23.2 Å². The number of rotatable bonds is 4. The fraction of sp³-hybridized carbons (Fsp3) is 0.133. The molecule has 6 heteroatoms. The predicted molar refractivity (Wildman–Crippen MR) is 80.0 cm³/mol. The molecule has 0 unspecified atom stereocenters. The van der Waals surface area contributed by atoms with Crippen LogP contribution in [0.3, 0.4) is 0 Å². The molecule has 0 fully saturated rings. The summed E-state index contributed by atoms with van der Waals surface area (Å²) in [6.45, 7) is 0.242. The fourth-order valence-electron chi connectivity index (χ4n) is 1.79. The molecule has 0 heterocycles. The average molecular weight is 309 g/mol. The van der Waals surface area contributed by atoms with Crippen molar-refractivity contribution in [3.63, 3.8) is 0 Å². The highest BCUT2D eigenvalue weighted by molar-refractivity contribution is 6.30. The highest BCUT2D eigenvalue weighted by atomic mass is 35.5. The second kappa shape index (κ2) is 6.45. The summed E-state index contributed by atoms with van der Waals surface area (Å²) in [7, 11) is 1.48. The molecule has 1 amide bonds. The molecule has 0 radical (unpaired) electrons. The molecular weight excluding hydrogens is 295 g/mol. The number of nitrogens with one attached hydrogen (secondary N) is 1. The SMILES string of the molecule is COc1cc(C(=O)NCc2ccc(F)c(Cl)c2)ccc1N. The van der Waals surface area contributed by atoms with Crippen LogP contribution in [0.15, 0.2) is 36.4 Å². The third kappa shape index (κ3) is 3.64. The van der Waals surface area contributed by atoms with Gasteiger partial charge in [-0.25, -0.2) is 4.39 Å². The van der Waals surface area contributed by atoms with Crippen LogP contribution < -0.4 is 15.8 Å². The first-order chi connectivity index (χ1) is 10.0. The molecule has 0 saturated heterocycles. The maximum Gasteiger partial charge on any atom is 0.251 e. The van der Waals surface area contributed by atoms with E-state index in [1.807, 2.05) is 0 Å². The lowest BCUT2D eigenvalue weighted by Gasteiger charge is -2.09. The van der Waals surface area contributed by atoms with Crippen LogP contribution in [0.25, 0.3) is 0 Å². The van der Waals surface area contributed by atoms with Crippen molar-refractivity contribution in [1.82, 2.24) is 5.32 Å². The Morgan fingerprint density at radius 2 is 2.10 bits per heavy atom. The second-order valence-electron chi connectivity index (χ2n) is 4.39. The third-order valence-corrected chi connectivity index (χ3v) is 3.22. The van der Waals surface area contributed by atoms with Crippen LogP contribution in [-0.4, -0.2) is 13.0 Å². The van der Waals surface area contributed by atoms with Gasteiger partial charge in [-0.1, -0.05) is 17.7 Å². The molecule has 0 atom stereocenters. The zero-order valence-corrected chi connectivity index (χ0v) is 12.1. The Hall–Kier alpha value is -2.27. The molecule has 0 spiro atoms. The molecule has 4 nitrogen and oxygen atoms in total. The van der Waals surface area contributed by atoms with Crippen molar-refractivity contribution < 1.29 is 13.9 Å². The van der Waals surface area contributed by atoms with Crippen molar-refractivity contribution in [2.45, 2.75) is 6.54 Å². The molecule has 2 rings (SSSR count). The maximum atomic E-state index is 13.0. The Balaban J connectivity index is 2.06. The van der Waals surface area contributed by atoms with E-state index in [4.69, 9.17) is 22.1 Å². The Labute approximate surface area is 126 Å². The minimum Gasteiger partial charge on any atom is -0.495 e. The van der Waals surface area contributed by atoms with Gasteiger partial charge in [-0.3, -0.25) is 4.79 Å². The monoisotopic (exact) mass is 308 g/mol. The van der Waals surface area contributed by atoms with Crippen LogP contribution >= 0.6 is 11.6 Å². The van der Waals surface area contributed by atoms with Gasteiger partial charge in [-0.2, -0.15) is 0 Å². The molecular formula is C15H14ClFN2O2. The number of carbonyl (C=O) groups excluding carboxylic acids is 1. The van der Waals surface area contributed by atoms with E-state index in [1.165, 1.54) is 19.2 Å². The molecule has 2 aromatic carbocycles. The van der Waals surface area contributed by atoms with Gasteiger partial charge in [0.1, 0.15) is 11.6 Å². The first kappa shape index (κ1) is 15.1. The number of anilines is 1. The van der Waals surface area contributed by atoms with E-state index >= 15 is 0 Å². The first-order valence-corrected chi connectivity index (χ1v) is 6.54. The normalized spacial score (nSPS) is 10.2. The van der Waals surface area contributed by atoms with Crippen LogP contribution in [0, 0.1) is 5.82 Å². The van der Waals surface area contributed by atoms with Crippen molar-refractivity contribution in [2.75, 3.05) is 12.8 Å². The van der Waals surface area contributed by atoms with Gasteiger partial charge in [0.05, 0.1) is 17.8 Å². The number of amides is 1. The van der Waals surface area contributed by atoms with Crippen molar-refractivity contribution in [1.29, 1.82) is 0 Å². The van der Waals surface area contributed by atoms with Gasteiger partial charge in [0.15, 0.2) is 0 Å². The van der Waals surface area contributed by atoms with E-state index in [0.29, 0.717) is 22.6 Å². The van der Waals surface area contributed by atoms with E-state index in [9.17, 15) is 9.18 Å². The quantitative estimate of drug-likeness (QED) is 0.853. The lowest BCUT2D eigenvalue weighted by atomic mass is 10.1. The average Bonchev–Trinajstić information content (AvgIpc) is 2.48. The standard InChI is InChI=1S/C15H14ClFN2O2/c1-21-14-7-10(3-5-13(14)18)15(20)19-8-9-2-4-12(17)11(16)6-9/h2-7H,8,18H2,1H3,(H,19,20). The number of ether oxygens (including phenoxy) is 1. The van der Waals surface area contributed by atoms with Crippen LogP contribution in [0.2, 0.25) is 5.02 Å². The largest absolute Gasteiger partial charge is 0.495 e. The summed E-state index contributed by atoms with van der Waals surface area (Å²) in [5.74, 6) is -0.337. The fourth-order valence-corrected chi connectivity index (χ4v) is 1.99. The van der Waals surface area contributed by atoms with Crippen LogP contribution in [-0.2, 0) is 6.54 Å². The summed E-state index contributed by atoms with van der Waals surface area (Å²) in [5, 5.41) is 2.74. The molecule has 0 aliphatic carbocycles. The van der Waals surface area contributed by atoms with Crippen molar-refractivity contribution in [3.8, 4) is 5.75 Å². The summed E-state index contributed by atoms with van der Waals surface area (Å²) in [5.41, 5.74) is 7.28. The van der Waals surface area contributed by atoms with Gasteiger partial charge in [-0.05, 0) is 35.9 Å². The number of benzene rings is 2. The van der Waals surface area contributed by atoms with Gasteiger partial charge in [-0.15, -0.1) is 0 Å². The highest BCUT2D eigenvalue weighted by Crippen LogP contribution is 2.22. The third-order valence-electron chi connectivity index (χ3n) is 2.93. The zero-order chi connectivity index (χ0) is 15.4. The summed E-state index contributed by atoms with van der Waals surface area (Å²) in [6, 6.07) is 9.05. The van der Waals surface area contributed by atoms with Crippen LogP contribution in [0.1, 0.15) is 15.9 Å². The summed E-state index contributed by atoms with van der Waals surface area (Å²) < 4.78 is 18.1. The number of hydrogen-bond acceptors (Lipinski definition) is 3. The van der Waals surface area contributed by atoms with E-state index in [1.54, 1.807) is 24.3 Å². The van der Waals surface area contributed by atoms with Gasteiger partial charge in [0.25, 0.3) is 5.91 Å². The number of nitrogen functional groups attached to an aromatic ring is 1. The Kier molecular flexibility index (Phi) is 4.65. The number of halogens is 2. The van der Waals surface area contributed by atoms with Crippen LogP contribution in [0.4, 0.5) is 10.1 Å². The minimum absolute atomic E-state index is 0.0240. The van der Waals surface area contributed by atoms with Crippen molar-refractivity contribution in [2.24, 2.45) is 0 Å². The molecule has 0 saturated carbocycles. The lowest BCUT2D eigenvalue weighted by molar-refractivity contribution is 0.0950. The highest BCUT2D eigenvalue weighted by Gasteiger charge is 2.09. The Morgan fingerprint density at radius 3 is 2.76 bits per heavy atom. The number of nitrogens with two attached hydrogens (primary N) is 1. The summed E-state index contributed by atoms with van der Waals surface area (Å²) >= 11 is 5.69. The topological polar surface area (TPSA) is 64.3 Å². The van der Waals surface area contributed by atoms with Crippen molar-refractivity contribution in [3.05, 3.63) is 58.4 Å². The van der Waals surface area contributed by atoms with E-state index in [2.05, 4.69) is 5.32 Å². The molecule has 0 aliphatic rings. The molecule has 21 heavy (non-hydrogen) atoms. The Bertz CT molecular complexity index is 677. The number of carbonyl (C=O) groups is 1. The molecule has 3 N–H and O–H groups in total. The maximum absolute atomic E-state index is 13.0. The molecule has 0 bridgehead atoms. The zero-order valence-electron chi connectivity index (χ0n) is 11.3.